The van der Waals surface area contributed by atoms with E-state index < -0.39 is 5.97 Å². The van der Waals surface area contributed by atoms with E-state index in [1.807, 2.05) is 13.8 Å². The quantitative estimate of drug-likeness (QED) is 0.471. The fraction of sp³-hybridized carbons (Fsp3) is 0.833. The SMILES string of the molecule is CC1(C)C[C@@H]1C(=O)[O-]. The molecule has 0 unspecified atom stereocenters. The zero-order valence-corrected chi connectivity index (χ0v) is 5.10. The van der Waals surface area contributed by atoms with Crippen molar-refractivity contribution < 1.29 is 9.90 Å². The minimum atomic E-state index is -0.894. The van der Waals surface area contributed by atoms with E-state index in [4.69, 9.17) is 0 Å². The predicted molar refractivity (Wildman–Crippen MR) is 26.9 cm³/mol. The lowest BCUT2D eigenvalue weighted by Crippen LogP contribution is -2.26. The summed E-state index contributed by atoms with van der Waals surface area (Å²) in [5.74, 6) is -1.07. The fourth-order valence-corrected chi connectivity index (χ4v) is 0.870. The van der Waals surface area contributed by atoms with Crippen molar-refractivity contribution in [2.24, 2.45) is 11.3 Å². The Morgan fingerprint density at radius 1 is 1.75 bits per heavy atom. The van der Waals surface area contributed by atoms with Crippen molar-refractivity contribution in [1.29, 1.82) is 0 Å². The first-order chi connectivity index (χ1) is 3.54. The summed E-state index contributed by atoms with van der Waals surface area (Å²) in [5.41, 5.74) is 0.0266. The zero-order valence-electron chi connectivity index (χ0n) is 5.10. The molecule has 1 aliphatic carbocycles. The molecular formula is C6H9O2-. The number of hydrogen-bond donors (Lipinski definition) is 0. The summed E-state index contributed by atoms with van der Waals surface area (Å²) in [6, 6.07) is 0. The number of rotatable bonds is 1. The molecule has 0 aromatic rings. The summed E-state index contributed by atoms with van der Waals surface area (Å²) in [6.45, 7) is 3.88. The number of aliphatic carboxylic acids is 1. The summed E-state index contributed by atoms with van der Waals surface area (Å²) < 4.78 is 0. The second-order valence-electron chi connectivity index (χ2n) is 3.06. The molecule has 0 aliphatic heterocycles. The third-order valence-electron chi connectivity index (χ3n) is 1.80. The maximum absolute atomic E-state index is 10.1. The van der Waals surface area contributed by atoms with Crippen LogP contribution in [0.3, 0.4) is 0 Å². The highest BCUT2D eigenvalue weighted by atomic mass is 16.4. The number of hydrogen-bond acceptors (Lipinski definition) is 2. The van der Waals surface area contributed by atoms with Crippen molar-refractivity contribution in [3.63, 3.8) is 0 Å². The molecule has 1 aliphatic rings. The van der Waals surface area contributed by atoms with Crippen LogP contribution in [0.25, 0.3) is 0 Å². The Morgan fingerprint density at radius 2 is 2.12 bits per heavy atom. The predicted octanol–water partition coefficient (Wildman–Crippen LogP) is -0.218. The summed E-state index contributed by atoms with van der Waals surface area (Å²) >= 11 is 0. The van der Waals surface area contributed by atoms with Gasteiger partial charge in [0.15, 0.2) is 0 Å². The first-order valence-electron chi connectivity index (χ1n) is 2.75. The molecule has 0 bridgehead atoms. The van der Waals surface area contributed by atoms with Gasteiger partial charge in [-0.05, 0) is 11.8 Å². The van der Waals surface area contributed by atoms with Crippen LogP contribution in [0.2, 0.25) is 0 Å². The Kier molecular flexibility index (Phi) is 0.872. The van der Waals surface area contributed by atoms with Crippen LogP contribution in [-0.4, -0.2) is 5.97 Å². The molecule has 1 fully saturated rings. The van der Waals surface area contributed by atoms with Gasteiger partial charge in [0.05, 0.1) is 0 Å². The van der Waals surface area contributed by atoms with Crippen molar-refractivity contribution in [2.75, 3.05) is 0 Å². The average molecular weight is 113 g/mol. The van der Waals surface area contributed by atoms with E-state index in [1.165, 1.54) is 0 Å². The van der Waals surface area contributed by atoms with E-state index in [-0.39, 0.29) is 11.3 Å². The molecule has 0 heterocycles. The largest absolute Gasteiger partial charge is 0.550 e. The third-order valence-corrected chi connectivity index (χ3v) is 1.80. The number of carboxylic acid groups (broad SMARTS) is 1. The maximum Gasteiger partial charge on any atom is 0.0450 e. The monoisotopic (exact) mass is 113 g/mol. The van der Waals surface area contributed by atoms with Crippen LogP contribution in [-0.2, 0) is 4.79 Å². The Bertz CT molecular complexity index is 126. The molecule has 0 amide bonds. The van der Waals surface area contributed by atoms with Gasteiger partial charge in [-0.25, -0.2) is 0 Å². The van der Waals surface area contributed by atoms with E-state index >= 15 is 0 Å². The van der Waals surface area contributed by atoms with Crippen LogP contribution in [0.4, 0.5) is 0 Å². The molecule has 2 nitrogen and oxygen atoms in total. The van der Waals surface area contributed by atoms with Crippen LogP contribution in [0, 0.1) is 11.3 Å². The third kappa shape index (κ3) is 0.703. The van der Waals surface area contributed by atoms with Crippen LogP contribution in [0.5, 0.6) is 0 Å². The normalized spacial score (nSPS) is 32.0. The topological polar surface area (TPSA) is 40.1 Å². The molecule has 0 N–H and O–H groups in total. The minimum Gasteiger partial charge on any atom is -0.550 e. The van der Waals surface area contributed by atoms with E-state index in [9.17, 15) is 9.90 Å². The molecule has 46 valence electrons. The van der Waals surface area contributed by atoms with E-state index in [0.29, 0.717) is 0 Å². The van der Waals surface area contributed by atoms with Gasteiger partial charge >= 0.3 is 0 Å². The van der Waals surface area contributed by atoms with Crippen molar-refractivity contribution in [3.8, 4) is 0 Å². The summed E-state index contributed by atoms with van der Waals surface area (Å²) in [6.07, 6.45) is 0.787. The lowest BCUT2D eigenvalue weighted by Gasteiger charge is -2.01. The van der Waals surface area contributed by atoms with Gasteiger partial charge in [0.1, 0.15) is 0 Å². The van der Waals surface area contributed by atoms with Gasteiger partial charge in [0, 0.05) is 11.9 Å². The van der Waals surface area contributed by atoms with Gasteiger partial charge in [0.25, 0.3) is 0 Å². The molecule has 0 aromatic heterocycles. The molecule has 0 radical (unpaired) electrons. The lowest BCUT2D eigenvalue weighted by molar-refractivity contribution is -0.308. The zero-order chi connectivity index (χ0) is 6.36. The van der Waals surface area contributed by atoms with Crippen molar-refractivity contribution in [3.05, 3.63) is 0 Å². The Balaban J connectivity index is 2.48. The summed E-state index contributed by atoms with van der Waals surface area (Å²) in [5, 5.41) is 10.1. The highest BCUT2D eigenvalue weighted by Gasteiger charge is 2.46. The van der Waals surface area contributed by atoms with Crippen molar-refractivity contribution >= 4 is 5.97 Å². The minimum absolute atomic E-state index is 0.0266. The van der Waals surface area contributed by atoms with Crippen LogP contribution < -0.4 is 5.11 Å². The number of carbonyl (C=O) groups excluding carboxylic acids is 1. The summed E-state index contributed by atoms with van der Waals surface area (Å²) in [7, 11) is 0. The fourth-order valence-electron chi connectivity index (χ4n) is 0.870. The van der Waals surface area contributed by atoms with E-state index in [2.05, 4.69) is 0 Å². The standard InChI is InChI=1S/C6H10O2/c1-6(2)3-4(6)5(7)8/h4H,3H2,1-2H3,(H,7,8)/p-1/t4-/m1/s1. The molecule has 1 atom stereocenters. The van der Waals surface area contributed by atoms with Gasteiger partial charge in [-0.15, -0.1) is 0 Å². The van der Waals surface area contributed by atoms with Gasteiger partial charge in [-0.1, -0.05) is 13.8 Å². The molecular weight excluding hydrogens is 104 g/mol. The lowest BCUT2D eigenvalue weighted by atomic mass is 10.1. The van der Waals surface area contributed by atoms with E-state index in [0.717, 1.165) is 6.42 Å². The van der Waals surface area contributed by atoms with Gasteiger partial charge in [-0.2, -0.15) is 0 Å². The molecule has 1 rings (SSSR count). The highest BCUT2D eigenvalue weighted by Crippen LogP contribution is 2.50. The molecule has 0 spiro atoms. The van der Waals surface area contributed by atoms with E-state index in [1.54, 1.807) is 0 Å². The average Bonchev–Trinajstić information content (AvgIpc) is 2.13. The van der Waals surface area contributed by atoms with Gasteiger partial charge in [-0.3, -0.25) is 0 Å². The number of carboxylic acids is 1. The molecule has 0 aromatic carbocycles. The van der Waals surface area contributed by atoms with Crippen LogP contribution >= 0.6 is 0 Å². The Labute approximate surface area is 48.5 Å². The highest BCUT2D eigenvalue weighted by molar-refractivity contribution is 5.72. The van der Waals surface area contributed by atoms with Gasteiger partial charge in [0.2, 0.25) is 0 Å². The number of carbonyl (C=O) groups is 1. The van der Waals surface area contributed by atoms with Crippen LogP contribution in [0.15, 0.2) is 0 Å². The van der Waals surface area contributed by atoms with Gasteiger partial charge < -0.3 is 9.90 Å². The smallest absolute Gasteiger partial charge is 0.0450 e. The summed E-state index contributed by atoms with van der Waals surface area (Å²) in [4.78, 5) is 10.1. The Morgan fingerprint density at radius 3 is 2.12 bits per heavy atom. The van der Waals surface area contributed by atoms with Crippen molar-refractivity contribution in [1.82, 2.24) is 0 Å². The first-order valence-corrected chi connectivity index (χ1v) is 2.75. The second kappa shape index (κ2) is 1.24. The molecule has 0 saturated heterocycles. The second-order valence-corrected chi connectivity index (χ2v) is 3.06. The van der Waals surface area contributed by atoms with Crippen LogP contribution in [0.1, 0.15) is 20.3 Å². The van der Waals surface area contributed by atoms with Crippen molar-refractivity contribution in [2.45, 2.75) is 20.3 Å². The first kappa shape index (κ1) is 5.60. The molecule has 8 heavy (non-hydrogen) atoms. The molecule has 1 saturated carbocycles. The molecule has 2 heteroatoms. The maximum atomic E-state index is 10.1. The Hall–Kier alpha value is -0.530.